The highest BCUT2D eigenvalue weighted by molar-refractivity contribution is 5.53. The third-order valence-electron chi connectivity index (χ3n) is 1.96. The van der Waals surface area contributed by atoms with Crippen LogP contribution in [0.3, 0.4) is 0 Å². The second-order valence-corrected chi connectivity index (χ2v) is 3.05. The molecule has 0 radical (unpaired) electrons. The van der Waals surface area contributed by atoms with Gasteiger partial charge in [-0.25, -0.2) is 9.97 Å². The minimum absolute atomic E-state index is 0.0577. The SMILES string of the molecule is OCc1ccc(Nc2ncccn2)cc1. The number of aliphatic hydroxyl groups excluding tert-OH is 1. The second kappa shape index (κ2) is 4.52. The van der Waals surface area contributed by atoms with E-state index in [1.165, 1.54) is 0 Å². The van der Waals surface area contributed by atoms with Gasteiger partial charge in [0.15, 0.2) is 0 Å². The number of aliphatic hydroxyl groups is 1. The number of hydrogen-bond donors (Lipinski definition) is 2. The van der Waals surface area contributed by atoms with Crippen molar-refractivity contribution in [3.05, 3.63) is 48.3 Å². The predicted octanol–water partition coefficient (Wildman–Crippen LogP) is 1.71. The van der Waals surface area contributed by atoms with Crippen molar-refractivity contribution in [1.29, 1.82) is 0 Å². The van der Waals surface area contributed by atoms with Gasteiger partial charge in [-0.1, -0.05) is 12.1 Å². The van der Waals surface area contributed by atoms with Gasteiger partial charge in [0.05, 0.1) is 6.61 Å². The van der Waals surface area contributed by atoms with Gasteiger partial charge >= 0.3 is 0 Å². The van der Waals surface area contributed by atoms with Crippen LogP contribution in [0.1, 0.15) is 5.56 Å². The molecular formula is C11H11N3O. The van der Waals surface area contributed by atoms with E-state index in [0.717, 1.165) is 11.3 Å². The van der Waals surface area contributed by atoms with Gasteiger partial charge in [-0.15, -0.1) is 0 Å². The Kier molecular flexibility index (Phi) is 2.90. The van der Waals surface area contributed by atoms with Crippen LogP contribution in [0.4, 0.5) is 11.6 Å². The summed E-state index contributed by atoms with van der Waals surface area (Å²) in [6.07, 6.45) is 3.36. The average molecular weight is 201 g/mol. The molecule has 0 aliphatic rings. The van der Waals surface area contributed by atoms with Gasteiger partial charge in [-0.05, 0) is 23.8 Å². The van der Waals surface area contributed by atoms with E-state index in [9.17, 15) is 0 Å². The van der Waals surface area contributed by atoms with Crippen LogP contribution in [0.15, 0.2) is 42.7 Å². The van der Waals surface area contributed by atoms with Gasteiger partial charge < -0.3 is 10.4 Å². The molecule has 0 bridgehead atoms. The maximum absolute atomic E-state index is 8.87. The zero-order valence-corrected chi connectivity index (χ0v) is 8.09. The summed E-state index contributed by atoms with van der Waals surface area (Å²) in [5.74, 6) is 0.564. The first kappa shape index (κ1) is 9.61. The second-order valence-electron chi connectivity index (χ2n) is 3.05. The minimum Gasteiger partial charge on any atom is -0.392 e. The number of anilines is 2. The fourth-order valence-electron chi connectivity index (χ4n) is 1.19. The highest BCUT2D eigenvalue weighted by Gasteiger charge is 1.95. The van der Waals surface area contributed by atoms with E-state index in [1.54, 1.807) is 18.5 Å². The van der Waals surface area contributed by atoms with Gasteiger partial charge in [-0.3, -0.25) is 0 Å². The highest BCUT2D eigenvalue weighted by atomic mass is 16.3. The first-order valence-corrected chi connectivity index (χ1v) is 4.62. The summed E-state index contributed by atoms with van der Waals surface area (Å²) < 4.78 is 0. The van der Waals surface area contributed by atoms with Crippen molar-refractivity contribution < 1.29 is 5.11 Å². The molecule has 76 valence electrons. The average Bonchev–Trinajstić information content (AvgIpc) is 2.31. The summed E-state index contributed by atoms with van der Waals surface area (Å²) in [6.45, 7) is 0.0577. The molecule has 0 aliphatic heterocycles. The molecule has 1 heterocycles. The Morgan fingerprint density at radius 2 is 1.73 bits per heavy atom. The highest BCUT2D eigenvalue weighted by Crippen LogP contribution is 2.12. The molecule has 2 aromatic rings. The quantitative estimate of drug-likeness (QED) is 0.793. The molecule has 0 saturated heterocycles. The van der Waals surface area contributed by atoms with Crippen LogP contribution < -0.4 is 5.32 Å². The van der Waals surface area contributed by atoms with Gasteiger partial charge in [0.1, 0.15) is 0 Å². The van der Waals surface area contributed by atoms with Crippen molar-refractivity contribution in [2.75, 3.05) is 5.32 Å². The Morgan fingerprint density at radius 1 is 1.07 bits per heavy atom. The normalized spacial score (nSPS) is 9.93. The van der Waals surface area contributed by atoms with Gasteiger partial charge in [0.2, 0.25) is 5.95 Å². The van der Waals surface area contributed by atoms with Gasteiger partial charge in [0, 0.05) is 18.1 Å². The Morgan fingerprint density at radius 3 is 2.33 bits per heavy atom. The van der Waals surface area contributed by atoms with Crippen molar-refractivity contribution in [3.63, 3.8) is 0 Å². The van der Waals surface area contributed by atoms with Gasteiger partial charge in [-0.2, -0.15) is 0 Å². The first-order valence-electron chi connectivity index (χ1n) is 4.62. The van der Waals surface area contributed by atoms with Crippen molar-refractivity contribution in [2.45, 2.75) is 6.61 Å². The monoisotopic (exact) mass is 201 g/mol. The van der Waals surface area contributed by atoms with E-state index in [-0.39, 0.29) is 6.61 Å². The van der Waals surface area contributed by atoms with Crippen LogP contribution in [-0.2, 0) is 6.61 Å². The Labute approximate surface area is 87.6 Å². The van der Waals surface area contributed by atoms with E-state index in [4.69, 9.17) is 5.11 Å². The van der Waals surface area contributed by atoms with Crippen LogP contribution in [-0.4, -0.2) is 15.1 Å². The molecule has 0 unspecified atom stereocenters. The smallest absolute Gasteiger partial charge is 0.227 e. The summed E-state index contributed by atoms with van der Waals surface area (Å²) in [4.78, 5) is 8.09. The summed E-state index contributed by atoms with van der Waals surface area (Å²) in [7, 11) is 0. The van der Waals surface area contributed by atoms with Crippen LogP contribution in [0.5, 0.6) is 0 Å². The number of nitrogens with one attached hydrogen (secondary N) is 1. The van der Waals surface area contributed by atoms with Crippen LogP contribution in [0, 0.1) is 0 Å². The summed E-state index contributed by atoms with van der Waals surface area (Å²) in [6, 6.07) is 9.22. The third-order valence-corrected chi connectivity index (χ3v) is 1.96. The van der Waals surface area contributed by atoms with Crippen LogP contribution >= 0.6 is 0 Å². The molecule has 0 atom stereocenters. The molecule has 0 aliphatic carbocycles. The molecule has 2 N–H and O–H groups in total. The summed E-state index contributed by atoms with van der Waals surface area (Å²) in [5.41, 5.74) is 1.79. The van der Waals surface area contributed by atoms with Crippen molar-refractivity contribution in [3.8, 4) is 0 Å². The van der Waals surface area contributed by atoms with Gasteiger partial charge in [0.25, 0.3) is 0 Å². The van der Waals surface area contributed by atoms with Crippen LogP contribution in [0.2, 0.25) is 0 Å². The molecular weight excluding hydrogens is 190 g/mol. The number of nitrogens with zero attached hydrogens (tertiary/aromatic N) is 2. The number of aromatic nitrogens is 2. The molecule has 0 spiro atoms. The number of benzene rings is 1. The predicted molar refractivity (Wildman–Crippen MR) is 57.7 cm³/mol. The Bertz CT molecular complexity index is 414. The van der Waals surface area contributed by atoms with E-state index < -0.39 is 0 Å². The molecule has 0 saturated carbocycles. The Hall–Kier alpha value is -1.94. The molecule has 4 heteroatoms. The molecule has 0 fully saturated rings. The van der Waals surface area contributed by atoms with Crippen molar-refractivity contribution in [1.82, 2.24) is 9.97 Å². The molecule has 2 rings (SSSR count). The fourth-order valence-corrected chi connectivity index (χ4v) is 1.19. The topological polar surface area (TPSA) is 58.0 Å². The molecule has 15 heavy (non-hydrogen) atoms. The first-order chi connectivity index (χ1) is 7.38. The standard InChI is InChI=1S/C11H11N3O/c15-8-9-2-4-10(5-3-9)14-11-12-6-1-7-13-11/h1-7,15H,8H2,(H,12,13,14). The minimum atomic E-state index is 0.0577. The summed E-state index contributed by atoms with van der Waals surface area (Å²) >= 11 is 0. The lowest BCUT2D eigenvalue weighted by Crippen LogP contribution is -1.95. The molecule has 1 aromatic heterocycles. The maximum atomic E-state index is 8.87. The lowest BCUT2D eigenvalue weighted by atomic mass is 10.2. The largest absolute Gasteiger partial charge is 0.392 e. The van der Waals surface area contributed by atoms with Crippen molar-refractivity contribution >= 4 is 11.6 Å². The fraction of sp³-hybridized carbons (Fsp3) is 0.0909. The summed E-state index contributed by atoms with van der Waals surface area (Å²) in [5, 5.41) is 11.9. The molecule has 1 aromatic carbocycles. The third kappa shape index (κ3) is 2.51. The zero-order chi connectivity index (χ0) is 10.5. The lowest BCUT2D eigenvalue weighted by Gasteiger charge is -2.04. The zero-order valence-electron chi connectivity index (χ0n) is 8.09. The van der Waals surface area contributed by atoms with Crippen LogP contribution in [0.25, 0.3) is 0 Å². The maximum Gasteiger partial charge on any atom is 0.227 e. The molecule has 4 nitrogen and oxygen atoms in total. The Balaban J connectivity index is 2.11. The van der Waals surface area contributed by atoms with E-state index in [1.807, 2.05) is 24.3 Å². The number of hydrogen-bond acceptors (Lipinski definition) is 4. The molecule has 0 amide bonds. The number of rotatable bonds is 3. The van der Waals surface area contributed by atoms with E-state index in [2.05, 4.69) is 15.3 Å². The van der Waals surface area contributed by atoms with E-state index >= 15 is 0 Å². The van der Waals surface area contributed by atoms with E-state index in [0.29, 0.717) is 5.95 Å². The lowest BCUT2D eigenvalue weighted by molar-refractivity contribution is 0.282. The van der Waals surface area contributed by atoms with Crippen molar-refractivity contribution in [2.24, 2.45) is 0 Å².